The summed E-state index contributed by atoms with van der Waals surface area (Å²) in [4.78, 5) is 24.2. The molecule has 0 aliphatic heterocycles. The molecule has 6 nitrogen and oxygen atoms in total. The number of rotatable bonds is 5. The maximum atomic E-state index is 12.9. The molecule has 3 aromatic rings. The van der Waals surface area contributed by atoms with Crippen LogP contribution in [0.1, 0.15) is 17.3 Å². The van der Waals surface area contributed by atoms with Crippen LogP contribution in [0.15, 0.2) is 78.2 Å². The smallest absolute Gasteiger partial charge is 0.271 e. The highest BCUT2D eigenvalue weighted by Gasteiger charge is 2.09. The van der Waals surface area contributed by atoms with E-state index in [0.717, 1.165) is 5.69 Å². The van der Waals surface area contributed by atoms with E-state index in [1.54, 1.807) is 12.1 Å². The number of aromatic nitrogens is 1. The Hall–Kier alpha value is -3.74. The quantitative estimate of drug-likeness (QED) is 0.538. The van der Waals surface area contributed by atoms with Gasteiger partial charge < -0.3 is 9.88 Å². The first-order valence-corrected chi connectivity index (χ1v) is 8.18. The molecule has 7 heteroatoms. The standard InChI is InChI=1S/C20H17FN4O2/c1-14(19(26)22-17-8-6-16(21)7-9-17)23-24-20(27)15-4-10-18(11-5-15)25-12-2-3-13-25/h2-13H,1H3,(H,22,26)(H,24,27)/b23-14+. The number of nitrogens with zero attached hydrogens (tertiary/aromatic N) is 2. The summed E-state index contributed by atoms with van der Waals surface area (Å²) in [6.07, 6.45) is 3.81. The van der Waals surface area contributed by atoms with Crippen molar-refractivity contribution in [2.24, 2.45) is 5.10 Å². The van der Waals surface area contributed by atoms with Crippen LogP contribution in [0.25, 0.3) is 5.69 Å². The molecule has 0 aliphatic carbocycles. The van der Waals surface area contributed by atoms with Gasteiger partial charge in [-0.2, -0.15) is 5.10 Å². The number of benzene rings is 2. The Morgan fingerprint density at radius 2 is 1.59 bits per heavy atom. The third-order valence-corrected chi connectivity index (χ3v) is 3.79. The number of halogens is 1. The van der Waals surface area contributed by atoms with E-state index in [0.29, 0.717) is 11.3 Å². The molecule has 0 saturated carbocycles. The number of carbonyl (C=O) groups is 2. The van der Waals surface area contributed by atoms with E-state index in [9.17, 15) is 14.0 Å². The molecule has 0 fully saturated rings. The van der Waals surface area contributed by atoms with Crippen molar-refractivity contribution in [2.45, 2.75) is 6.92 Å². The van der Waals surface area contributed by atoms with E-state index in [1.165, 1.54) is 31.2 Å². The van der Waals surface area contributed by atoms with Crippen LogP contribution in [-0.4, -0.2) is 22.1 Å². The van der Waals surface area contributed by atoms with Gasteiger partial charge in [0.2, 0.25) is 0 Å². The molecule has 1 aromatic heterocycles. The van der Waals surface area contributed by atoms with E-state index < -0.39 is 17.6 Å². The number of hydrogen-bond acceptors (Lipinski definition) is 3. The van der Waals surface area contributed by atoms with Gasteiger partial charge in [-0.15, -0.1) is 0 Å². The van der Waals surface area contributed by atoms with Crippen LogP contribution in [0.5, 0.6) is 0 Å². The molecule has 2 amide bonds. The molecule has 0 bridgehead atoms. The predicted octanol–water partition coefficient (Wildman–Crippen LogP) is 3.36. The van der Waals surface area contributed by atoms with Gasteiger partial charge in [-0.3, -0.25) is 9.59 Å². The van der Waals surface area contributed by atoms with Gasteiger partial charge in [-0.1, -0.05) is 0 Å². The molecule has 2 N–H and O–H groups in total. The van der Waals surface area contributed by atoms with Crippen molar-refractivity contribution in [3.8, 4) is 5.69 Å². The second-order valence-corrected chi connectivity index (χ2v) is 5.74. The van der Waals surface area contributed by atoms with Gasteiger partial charge in [0.15, 0.2) is 0 Å². The number of anilines is 1. The third kappa shape index (κ3) is 4.66. The summed E-state index contributed by atoms with van der Waals surface area (Å²) in [5, 5.41) is 6.38. The van der Waals surface area contributed by atoms with Crippen LogP contribution in [0.4, 0.5) is 10.1 Å². The van der Waals surface area contributed by atoms with E-state index in [4.69, 9.17) is 0 Å². The van der Waals surface area contributed by atoms with E-state index in [2.05, 4.69) is 15.8 Å². The van der Waals surface area contributed by atoms with Gasteiger partial charge >= 0.3 is 0 Å². The molecule has 0 saturated heterocycles. The molecular weight excluding hydrogens is 347 g/mol. The molecule has 0 unspecified atom stereocenters. The van der Waals surface area contributed by atoms with E-state index in [-0.39, 0.29) is 5.71 Å². The fourth-order valence-corrected chi connectivity index (χ4v) is 2.30. The zero-order chi connectivity index (χ0) is 19.2. The summed E-state index contributed by atoms with van der Waals surface area (Å²) < 4.78 is 14.8. The summed E-state index contributed by atoms with van der Waals surface area (Å²) in [7, 11) is 0. The van der Waals surface area contributed by atoms with Gasteiger partial charge in [0.1, 0.15) is 11.5 Å². The lowest BCUT2D eigenvalue weighted by Crippen LogP contribution is -2.25. The molecule has 1 heterocycles. The van der Waals surface area contributed by atoms with Crippen molar-refractivity contribution in [3.63, 3.8) is 0 Å². The lowest BCUT2D eigenvalue weighted by molar-refractivity contribution is -0.110. The van der Waals surface area contributed by atoms with Gasteiger partial charge in [-0.25, -0.2) is 9.82 Å². The summed E-state index contributed by atoms with van der Waals surface area (Å²) in [5.41, 5.74) is 4.19. The van der Waals surface area contributed by atoms with Crippen molar-refractivity contribution in [2.75, 3.05) is 5.32 Å². The molecule has 0 atom stereocenters. The van der Waals surface area contributed by atoms with Crippen LogP contribution in [0.3, 0.4) is 0 Å². The molecule has 0 spiro atoms. The zero-order valence-electron chi connectivity index (χ0n) is 14.5. The summed E-state index contributed by atoms with van der Waals surface area (Å²) in [6.45, 7) is 1.47. The first-order valence-electron chi connectivity index (χ1n) is 8.18. The van der Waals surface area contributed by atoms with Crippen LogP contribution < -0.4 is 10.7 Å². The number of nitrogens with one attached hydrogen (secondary N) is 2. The minimum absolute atomic E-state index is 0.0663. The molecule has 27 heavy (non-hydrogen) atoms. The van der Waals surface area contributed by atoms with Gasteiger partial charge in [0.25, 0.3) is 11.8 Å². The van der Waals surface area contributed by atoms with Crippen molar-refractivity contribution >= 4 is 23.2 Å². The molecule has 0 radical (unpaired) electrons. The predicted molar refractivity (Wildman–Crippen MR) is 101 cm³/mol. The highest BCUT2D eigenvalue weighted by Crippen LogP contribution is 2.10. The topological polar surface area (TPSA) is 75.5 Å². The highest BCUT2D eigenvalue weighted by atomic mass is 19.1. The van der Waals surface area contributed by atoms with Crippen molar-refractivity contribution in [3.05, 3.63) is 84.4 Å². The zero-order valence-corrected chi connectivity index (χ0v) is 14.5. The Kier molecular flexibility index (Phi) is 5.41. The first-order chi connectivity index (χ1) is 13.0. The Labute approximate surface area is 155 Å². The Balaban J connectivity index is 1.59. The fraction of sp³-hybridized carbons (Fsp3) is 0.0500. The normalized spacial score (nSPS) is 11.1. The lowest BCUT2D eigenvalue weighted by atomic mass is 10.2. The molecule has 2 aromatic carbocycles. The van der Waals surface area contributed by atoms with Crippen molar-refractivity contribution in [1.29, 1.82) is 0 Å². The number of hydrogen-bond donors (Lipinski definition) is 2. The fourth-order valence-electron chi connectivity index (χ4n) is 2.30. The Morgan fingerprint density at radius 1 is 0.963 bits per heavy atom. The second kappa shape index (κ2) is 8.09. The molecule has 136 valence electrons. The van der Waals surface area contributed by atoms with Crippen LogP contribution in [-0.2, 0) is 4.79 Å². The number of carbonyl (C=O) groups excluding carboxylic acids is 2. The van der Waals surface area contributed by atoms with Crippen LogP contribution >= 0.6 is 0 Å². The minimum Gasteiger partial charge on any atom is -0.324 e. The van der Waals surface area contributed by atoms with E-state index in [1.807, 2.05) is 41.2 Å². The van der Waals surface area contributed by atoms with E-state index >= 15 is 0 Å². The third-order valence-electron chi connectivity index (χ3n) is 3.79. The largest absolute Gasteiger partial charge is 0.324 e. The summed E-state index contributed by atoms with van der Waals surface area (Å²) in [6, 6.07) is 16.1. The molecular formula is C20H17FN4O2. The van der Waals surface area contributed by atoms with Gasteiger partial charge in [0, 0.05) is 29.3 Å². The number of hydrazone groups is 1. The number of amides is 2. The SMILES string of the molecule is C/C(=N\NC(=O)c1ccc(-n2cccc2)cc1)C(=O)Nc1ccc(F)cc1. The van der Waals surface area contributed by atoms with Gasteiger partial charge in [-0.05, 0) is 67.6 Å². The van der Waals surface area contributed by atoms with Crippen LogP contribution in [0.2, 0.25) is 0 Å². The van der Waals surface area contributed by atoms with Crippen molar-refractivity contribution < 1.29 is 14.0 Å². The minimum atomic E-state index is -0.495. The first kappa shape index (κ1) is 18.1. The average Bonchev–Trinajstić information content (AvgIpc) is 3.22. The molecule has 3 rings (SSSR count). The maximum absolute atomic E-state index is 12.9. The second-order valence-electron chi connectivity index (χ2n) is 5.74. The Bertz CT molecular complexity index is 962. The Morgan fingerprint density at radius 3 is 2.22 bits per heavy atom. The average molecular weight is 364 g/mol. The summed E-state index contributed by atoms with van der Waals surface area (Å²) in [5.74, 6) is -1.32. The lowest BCUT2D eigenvalue weighted by Gasteiger charge is -2.06. The maximum Gasteiger partial charge on any atom is 0.271 e. The summed E-state index contributed by atoms with van der Waals surface area (Å²) >= 11 is 0. The monoisotopic (exact) mass is 364 g/mol. The van der Waals surface area contributed by atoms with Gasteiger partial charge in [0.05, 0.1) is 0 Å². The molecule has 0 aliphatic rings. The van der Waals surface area contributed by atoms with Crippen LogP contribution in [0, 0.1) is 5.82 Å². The highest BCUT2D eigenvalue weighted by molar-refractivity contribution is 6.42. The van der Waals surface area contributed by atoms with Crippen molar-refractivity contribution in [1.82, 2.24) is 9.99 Å².